The highest BCUT2D eigenvalue weighted by Gasteiger charge is 2.35. The molecule has 7 nitrogen and oxygen atoms in total. The number of carbonyl (C=O) groups is 2. The largest absolute Gasteiger partial charge is 0.337 e. The van der Waals surface area contributed by atoms with E-state index in [0.717, 1.165) is 12.8 Å². The van der Waals surface area contributed by atoms with E-state index in [2.05, 4.69) is 11.9 Å². The third-order valence-electron chi connectivity index (χ3n) is 5.38. The Kier molecular flexibility index (Phi) is 5.83. The Labute approximate surface area is 160 Å². The van der Waals surface area contributed by atoms with Crippen LogP contribution in [-0.4, -0.2) is 72.2 Å². The average molecular weight is 394 g/mol. The minimum absolute atomic E-state index is 0.00311. The van der Waals surface area contributed by atoms with E-state index in [9.17, 15) is 18.0 Å². The molecule has 2 unspecified atom stereocenters. The molecule has 27 heavy (non-hydrogen) atoms. The molecule has 2 aliphatic heterocycles. The first-order valence-electron chi connectivity index (χ1n) is 9.58. The molecular weight excluding hydrogens is 366 g/mol. The predicted molar refractivity (Wildman–Crippen MR) is 102 cm³/mol. The van der Waals surface area contributed by atoms with Crippen molar-refractivity contribution < 1.29 is 18.0 Å². The molecule has 0 aliphatic carbocycles. The van der Waals surface area contributed by atoms with Crippen LogP contribution in [0.4, 0.5) is 0 Å². The highest BCUT2D eigenvalue weighted by atomic mass is 32.2. The van der Waals surface area contributed by atoms with Crippen LogP contribution in [0.3, 0.4) is 0 Å². The van der Waals surface area contributed by atoms with Crippen LogP contribution in [0.2, 0.25) is 0 Å². The van der Waals surface area contributed by atoms with Gasteiger partial charge in [0, 0.05) is 25.7 Å². The van der Waals surface area contributed by atoms with Crippen molar-refractivity contribution in [3.05, 3.63) is 29.6 Å². The molecule has 1 aromatic rings. The minimum Gasteiger partial charge on any atom is -0.337 e. The Morgan fingerprint density at radius 1 is 1.26 bits per heavy atom. The Morgan fingerprint density at radius 2 is 2.00 bits per heavy atom. The van der Waals surface area contributed by atoms with E-state index in [1.807, 2.05) is 6.92 Å². The molecule has 0 bridgehead atoms. The quantitative estimate of drug-likeness (QED) is 0.775. The monoisotopic (exact) mass is 393 g/mol. The van der Waals surface area contributed by atoms with Crippen LogP contribution in [-0.2, 0) is 9.84 Å². The number of hydrogen-bond acceptors (Lipinski definition) is 5. The molecule has 148 valence electrons. The average Bonchev–Trinajstić information content (AvgIpc) is 3.01. The Hall–Kier alpha value is -1.96. The van der Waals surface area contributed by atoms with Gasteiger partial charge in [-0.3, -0.25) is 9.59 Å². The molecule has 3 heterocycles. The Balaban J connectivity index is 1.77. The first-order chi connectivity index (χ1) is 12.8. The number of aromatic nitrogens is 1. The topological polar surface area (TPSA) is 87.7 Å². The van der Waals surface area contributed by atoms with Gasteiger partial charge in [-0.15, -0.1) is 0 Å². The van der Waals surface area contributed by atoms with E-state index in [4.69, 9.17) is 0 Å². The molecule has 2 atom stereocenters. The van der Waals surface area contributed by atoms with Gasteiger partial charge < -0.3 is 9.80 Å². The number of likely N-dealkylation sites (tertiary alicyclic amines) is 1. The molecule has 3 rings (SSSR count). The van der Waals surface area contributed by atoms with Crippen molar-refractivity contribution in [2.75, 3.05) is 31.1 Å². The van der Waals surface area contributed by atoms with Gasteiger partial charge in [-0.25, -0.2) is 13.4 Å². The molecule has 1 aromatic heterocycles. The number of piperidine rings is 1. The molecule has 8 heteroatoms. The zero-order valence-corrected chi connectivity index (χ0v) is 16.7. The Morgan fingerprint density at radius 3 is 2.63 bits per heavy atom. The van der Waals surface area contributed by atoms with Crippen LogP contribution in [0, 0.1) is 5.92 Å². The third-order valence-corrected chi connectivity index (χ3v) is 7.13. The van der Waals surface area contributed by atoms with Gasteiger partial charge in [0.1, 0.15) is 11.4 Å². The summed E-state index contributed by atoms with van der Waals surface area (Å²) in [6, 6.07) is 4.57. The maximum absolute atomic E-state index is 12.9. The number of amides is 2. The van der Waals surface area contributed by atoms with E-state index in [0.29, 0.717) is 32.0 Å². The second-order valence-electron chi connectivity index (χ2n) is 7.55. The first-order valence-corrected chi connectivity index (χ1v) is 11.4. The second-order valence-corrected chi connectivity index (χ2v) is 9.78. The fourth-order valence-corrected chi connectivity index (χ4v) is 5.68. The zero-order chi connectivity index (χ0) is 19.6. The molecule has 0 aromatic carbocycles. The van der Waals surface area contributed by atoms with Gasteiger partial charge in [-0.2, -0.15) is 0 Å². The molecule has 0 radical (unpaired) electrons. The number of carbonyl (C=O) groups excluding carboxylic acids is 2. The predicted octanol–water partition coefficient (Wildman–Crippen LogP) is 1.60. The summed E-state index contributed by atoms with van der Waals surface area (Å²) in [6.07, 6.45) is 2.54. The van der Waals surface area contributed by atoms with E-state index in [-0.39, 0.29) is 40.7 Å². The highest BCUT2D eigenvalue weighted by molar-refractivity contribution is 7.91. The summed E-state index contributed by atoms with van der Waals surface area (Å²) in [4.78, 5) is 33.4. The standard InChI is InChI=1S/C19H27N3O4S/c1-3-22(15-9-11-27(25,26)13-15)19(24)17-8-4-7-16(20-17)18(23)21-10-5-6-14(2)12-21/h4,7-8,14-15H,3,5-6,9-13H2,1-2H3. The van der Waals surface area contributed by atoms with Crippen molar-refractivity contribution in [1.29, 1.82) is 0 Å². The smallest absolute Gasteiger partial charge is 0.272 e. The maximum Gasteiger partial charge on any atom is 0.272 e. The summed E-state index contributed by atoms with van der Waals surface area (Å²) in [5.74, 6) is 0.105. The molecule has 0 spiro atoms. The zero-order valence-electron chi connectivity index (χ0n) is 15.9. The summed E-state index contributed by atoms with van der Waals surface area (Å²) in [5.41, 5.74) is 0.460. The van der Waals surface area contributed by atoms with Crippen molar-refractivity contribution in [3.63, 3.8) is 0 Å². The first kappa shape index (κ1) is 19.8. The SMILES string of the molecule is CCN(C(=O)c1cccc(C(=O)N2CCCC(C)C2)n1)C1CCS(=O)(=O)C1. The van der Waals surface area contributed by atoms with Crippen LogP contribution >= 0.6 is 0 Å². The third kappa shape index (κ3) is 4.48. The maximum atomic E-state index is 12.9. The highest BCUT2D eigenvalue weighted by Crippen LogP contribution is 2.20. The van der Waals surface area contributed by atoms with Gasteiger partial charge in [-0.05, 0) is 44.2 Å². The Bertz CT molecular complexity index is 824. The number of pyridine rings is 1. The fourth-order valence-electron chi connectivity index (χ4n) is 3.94. The molecular formula is C19H27N3O4S. The number of nitrogens with zero attached hydrogens (tertiary/aromatic N) is 3. The number of sulfone groups is 1. The van der Waals surface area contributed by atoms with Gasteiger partial charge in [0.15, 0.2) is 9.84 Å². The normalized spacial score (nSPS) is 24.6. The van der Waals surface area contributed by atoms with Crippen LogP contribution in [0.15, 0.2) is 18.2 Å². The molecule has 2 amide bonds. The molecule has 2 fully saturated rings. The van der Waals surface area contributed by atoms with Gasteiger partial charge in [-0.1, -0.05) is 13.0 Å². The van der Waals surface area contributed by atoms with Crippen LogP contribution in [0.1, 0.15) is 54.1 Å². The molecule has 2 aliphatic rings. The van der Waals surface area contributed by atoms with Gasteiger partial charge >= 0.3 is 0 Å². The van der Waals surface area contributed by atoms with E-state index < -0.39 is 9.84 Å². The van der Waals surface area contributed by atoms with Crippen molar-refractivity contribution in [1.82, 2.24) is 14.8 Å². The van der Waals surface area contributed by atoms with Gasteiger partial charge in [0.25, 0.3) is 11.8 Å². The van der Waals surface area contributed by atoms with E-state index >= 15 is 0 Å². The van der Waals surface area contributed by atoms with Crippen molar-refractivity contribution in [2.24, 2.45) is 5.92 Å². The lowest BCUT2D eigenvalue weighted by molar-refractivity contribution is 0.0675. The lowest BCUT2D eigenvalue weighted by atomic mass is 10.00. The number of rotatable bonds is 4. The summed E-state index contributed by atoms with van der Waals surface area (Å²) in [5, 5.41) is 0. The van der Waals surface area contributed by atoms with Gasteiger partial charge in [0.05, 0.1) is 11.5 Å². The fraction of sp³-hybridized carbons (Fsp3) is 0.632. The summed E-state index contributed by atoms with van der Waals surface area (Å²) in [6.45, 7) is 5.78. The van der Waals surface area contributed by atoms with E-state index in [1.165, 1.54) is 0 Å². The minimum atomic E-state index is -3.08. The van der Waals surface area contributed by atoms with Gasteiger partial charge in [0.2, 0.25) is 0 Å². The lowest BCUT2D eigenvalue weighted by Gasteiger charge is -2.31. The van der Waals surface area contributed by atoms with Crippen LogP contribution in [0.5, 0.6) is 0 Å². The van der Waals surface area contributed by atoms with Crippen LogP contribution in [0.25, 0.3) is 0 Å². The van der Waals surface area contributed by atoms with Crippen molar-refractivity contribution in [3.8, 4) is 0 Å². The van der Waals surface area contributed by atoms with Crippen molar-refractivity contribution in [2.45, 2.75) is 39.2 Å². The summed E-state index contributed by atoms with van der Waals surface area (Å²) in [7, 11) is -3.08. The summed E-state index contributed by atoms with van der Waals surface area (Å²) < 4.78 is 23.5. The summed E-state index contributed by atoms with van der Waals surface area (Å²) >= 11 is 0. The van der Waals surface area contributed by atoms with E-state index in [1.54, 1.807) is 28.0 Å². The number of hydrogen-bond donors (Lipinski definition) is 0. The molecule has 0 N–H and O–H groups in total. The molecule has 2 saturated heterocycles. The van der Waals surface area contributed by atoms with Crippen molar-refractivity contribution >= 4 is 21.7 Å². The van der Waals surface area contributed by atoms with Crippen LogP contribution < -0.4 is 0 Å². The second kappa shape index (κ2) is 7.96. The lowest BCUT2D eigenvalue weighted by Crippen LogP contribution is -2.42. The molecule has 0 saturated carbocycles.